The van der Waals surface area contributed by atoms with E-state index in [9.17, 15) is 4.79 Å². The Kier molecular flexibility index (Phi) is 5.31. The van der Waals surface area contributed by atoms with E-state index in [0.717, 1.165) is 21.4 Å². The van der Waals surface area contributed by atoms with Gasteiger partial charge in [-0.05, 0) is 23.3 Å². The zero-order chi connectivity index (χ0) is 19.3. The van der Waals surface area contributed by atoms with Gasteiger partial charge in [0.05, 0.1) is 10.9 Å². The number of carbonyl (C=O) groups excluding carboxylic acids is 1. The number of fused-ring (bicyclic) bond motifs is 1. The summed E-state index contributed by atoms with van der Waals surface area (Å²) in [6.07, 6.45) is 3.55. The monoisotopic (exact) mass is 393 g/mol. The summed E-state index contributed by atoms with van der Waals surface area (Å²) in [5.41, 5.74) is 9.15. The van der Waals surface area contributed by atoms with Gasteiger partial charge in [0.2, 0.25) is 0 Å². The van der Waals surface area contributed by atoms with Crippen molar-refractivity contribution in [1.82, 2.24) is 20.5 Å². The average Bonchev–Trinajstić information content (AvgIpc) is 3.40. The molecule has 142 valence electrons. The van der Waals surface area contributed by atoms with E-state index in [1.54, 1.807) is 6.20 Å². The van der Waals surface area contributed by atoms with E-state index >= 15 is 0 Å². The van der Waals surface area contributed by atoms with Crippen molar-refractivity contribution in [2.75, 3.05) is 13.2 Å². The molecule has 0 spiro atoms. The summed E-state index contributed by atoms with van der Waals surface area (Å²) in [7, 11) is 0. The highest BCUT2D eigenvalue weighted by Crippen LogP contribution is 2.35. The second-order valence-corrected chi connectivity index (χ2v) is 7.16. The normalized spacial score (nSPS) is 10.9. The number of amides is 1. The molecular formula is C20H19N5O2S. The summed E-state index contributed by atoms with van der Waals surface area (Å²) in [5.74, 6) is 0.400. The van der Waals surface area contributed by atoms with Crippen molar-refractivity contribution in [3.05, 3.63) is 65.4 Å². The number of thiazole rings is 1. The lowest BCUT2D eigenvalue weighted by molar-refractivity contribution is 0.0950. The molecule has 0 aliphatic heterocycles. The second kappa shape index (κ2) is 8.20. The number of nitrogens with two attached hydrogens (primary N) is 1. The number of nitrogens with zero attached hydrogens (tertiary/aromatic N) is 2. The smallest absolute Gasteiger partial charge is 0.280 e. The molecule has 0 aliphatic carbocycles. The number of aromatic amines is 1. The molecule has 28 heavy (non-hydrogen) atoms. The standard InChI is InChI=1S/C20H19N5O2S/c21-6-7-27-16-8-14(15-11-23-24-12-15)9-17-18(16)25-20(28-17)19(26)22-10-13-4-2-1-3-5-13/h1-5,8-9,11-12H,6-7,10,21H2,(H,22,26)(H,23,24). The molecule has 0 radical (unpaired) electrons. The third-order valence-corrected chi connectivity index (χ3v) is 5.16. The van der Waals surface area contributed by atoms with Crippen molar-refractivity contribution in [3.63, 3.8) is 0 Å². The van der Waals surface area contributed by atoms with Crippen LogP contribution in [0.25, 0.3) is 21.3 Å². The second-order valence-electron chi connectivity index (χ2n) is 6.13. The first-order valence-electron chi connectivity index (χ1n) is 8.83. The first-order valence-corrected chi connectivity index (χ1v) is 9.65. The predicted octanol–water partition coefficient (Wildman–Crippen LogP) is 2.95. The van der Waals surface area contributed by atoms with E-state index in [2.05, 4.69) is 20.5 Å². The Hall–Kier alpha value is -3.23. The van der Waals surface area contributed by atoms with Gasteiger partial charge >= 0.3 is 0 Å². The third-order valence-electron chi connectivity index (χ3n) is 4.16. The van der Waals surface area contributed by atoms with Gasteiger partial charge in [-0.2, -0.15) is 5.10 Å². The predicted molar refractivity (Wildman–Crippen MR) is 109 cm³/mol. The molecule has 0 bridgehead atoms. The van der Waals surface area contributed by atoms with Crippen LogP contribution in [0, 0.1) is 0 Å². The number of aromatic nitrogens is 3. The van der Waals surface area contributed by atoms with Gasteiger partial charge in [0.1, 0.15) is 17.9 Å². The van der Waals surface area contributed by atoms with Crippen LogP contribution in [-0.2, 0) is 6.54 Å². The number of carbonyl (C=O) groups is 1. The quantitative estimate of drug-likeness (QED) is 0.448. The molecule has 2 aromatic heterocycles. The van der Waals surface area contributed by atoms with Crippen molar-refractivity contribution in [2.24, 2.45) is 5.73 Å². The van der Waals surface area contributed by atoms with Gasteiger partial charge in [0, 0.05) is 24.8 Å². The maximum absolute atomic E-state index is 12.6. The number of rotatable bonds is 7. The first-order chi connectivity index (χ1) is 13.7. The number of hydrogen-bond donors (Lipinski definition) is 3. The van der Waals surface area contributed by atoms with Crippen LogP contribution in [0.3, 0.4) is 0 Å². The van der Waals surface area contributed by atoms with Crippen molar-refractivity contribution < 1.29 is 9.53 Å². The van der Waals surface area contributed by atoms with Gasteiger partial charge in [-0.25, -0.2) is 4.98 Å². The van der Waals surface area contributed by atoms with Gasteiger partial charge in [-0.15, -0.1) is 11.3 Å². The van der Waals surface area contributed by atoms with Crippen molar-refractivity contribution in [2.45, 2.75) is 6.54 Å². The van der Waals surface area contributed by atoms with Crippen LogP contribution in [0.1, 0.15) is 15.4 Å². The lowest BCUT2D eigenvalue weighted by Gasteiger charge is -2.07. The Bertz CT molecular complexity index is 1080. The minimum atomic E-state index is -0.209. The molecule has 0 unspecified atom stereocenters. The van der Waals surface area contributed by atoms with E-state index in [4.69, 9.17) is 10.5 Å². The Labute approximate surface area is 165 Å². The molecule has 0 fully saturated rings. The molecule has 4 aromatic rings. The highest BCUT2D eigenvalue weighted by atomic mass is 32.1. The maximum Gasteiger partial charge on any atom is 0.280 e. The summed E-state index contributed by atoms with van der Waals surface area (Å²) in [5, 5.41) is 10.1. The fraction of sp³-hybridized carbons (Fsp3) is 0.150. The minimum Gasteiger partial charge on any atom is -0.490 e. The molecular weight excluding hydrogens is 374 g/mol. The van der Waals surface area contributed by atoms with Crippen LogP contribution in [0.4, 0.5) is 0 Å². The van der Waals surface area contributed by atoms with Crippen LogP contribution in [0.2, 0.25) is 0 Å². The topological polar surface area (TPSA) is 106 Å². The van der Waals surface area contributed by atoms with Crippen LogP contribution in [0.5, 0.6) is 5.75 Å². The van der Waals surface area contributed by atoms with Gasteiger partial charge < -0.3 is 15.8 Å². The summed E-state index contributed by atoms with van der Waals surface area (Å²) in [4.78, 5) is 17.1. The van der Waals surface area contributed by atoms with E-state index in [0.29, 0.717) is 36.0 Å². The maximum atomic E-state index is 12.6. The van der Waals surface area contributed by atoms with Crippen molar-refractivity contribution in [3.8, 4) is 16.9 Å². The highest BCUT2D eigenvalue weighted by Gasteiger charge is 2.17. The Morgan fingerprint density at radius 3 is 2.82 bits per heavy atom. The number of benzene rings is 2. The molecule has 8 heteroatoms. The van der Waals surface area contributed by atoms with Crippen LogP contribution < -0.4 is 15.8 Å². The molecule has 4 N–H and O–H groups in total. The molecule has 0 aliphatic rings. The lowest BCUT2D eigenvalue weighted by atomic mass is 10.1. The van der Waals surface area contributed by atoms with Crippen LogP contribution in [-0.4, -0.2) is 34.2 Å². The Balaban J connectivity index is 1.63. The van der Waals surface area contributed by atoms with Crippen molar-refractivity contribution >= 4 is 27.5 Å². The molecule has 1 amide bonds. The fourth-order valence-corrected chi connectivity index (χ4v) is 3.74. The van der Waals surface area contributed by atoms with Crippen LogP contribution >= 0.6 is 11.3 Å². The molecule has 0 saturated heterocycles. The summed E-state index contributed by atoms with van der Waals surface area (Å²) in [6.45, 7) is 1.22. The van der Waals surface area contributed by atoms with Gasteiger partial charge in [-0.3, -0.25) is 9.89 Å². The number of H-pyrrole nitrogens is 1. The number of ether oxygens (including phenoxy) is 1. The summed E-state index contributed by atoms with van der Waals surface area (Å²) in [6, 6.07) is 13.6. The molecule has 2 heterocycles. The minimum absolute atomic E-state index is 0.209. The molecule has 7 nitrogen and oxygen atoms in total. The van der Waals surface area contributed by atoms with E-state index in [1.165, 1.54) is 11.3 Å². The Morgan fingerprint density at radius 1 is 1.21 bits per heavy atom. The summed E-state index contributed by atoms with van der Waals surface area (Å²) < 4.78 is 6.66. The number of hydrogen-bond acceptors (Lipinski definition) is 6. The zero-order valence-corrected chi connectivity index (χ0v) is 15.8. The Morgan fingerprint density at radius 2 is 2.07 bits per heavy atom. The molecule has 0 saturated carbocycles. The molecule has 4 rings (SSSR count). The van der Waals surface area contributed by atoms with Gasteiger partial charge in [0.25, 0.3) is 5.91 Å². The average molecular weight is 393 g/mol. The van der Waals surface area contributed by atoms with Gasteiger partial charge in [-0.1, -0.05) is 30.3 Å². The van der Waals surface area contributed by atoms with Crippen molar-refractivity contribution in [1.29, 1.82) is 0 Å². The van der Waals surface area contributed by atoms with E-state index in [1.807, 2.05) is 48.7 Å². The highest BCUT2D eigenvalue weighted by molar-refractivity contribution is 7.20. The van der Waals surface area contributed by atoms with E-state index in [-0.39, 0.29) is 5.91 Å². The molecule has 2 aromatic carbocycles. The summed E-state index contributed by atoms with van der Waals surface area (Å²) >= 11 is 1.33. The first kappa shape index (κ1) is 18.1. The molecule has 0 atom stereocenters. The van der Waals surface area contributed by atoms with Crippen LogP contribution in [0.15, 0.2) is 54.9 Å². The largest absolute Gasteiger partial charge is 0.490 e. The lowest BCUT2D eigenvalue weighted by Crippen LogP contribution is -2.22. The zero-order valence-electron chi connectivity index (χ0n) is 15.0. The van der Waals surface area contributed by atoms with Gasteiger partial charge in [0.15, 0.2) is 5.01 Å². The SMILES string of the molecule is NCCOc1cc(-c2cn[nH]c2)cc2sc(C(=O)NCc3ccccc3)nc12. The third kappa shape index (κ3) is 3.88. The fourth-order valence-electron chi connectivity index (χ4n) is 2.80. The number of nitrogens with one attached hydrogen (secondary N) is 2. The van der Waals surface area contributed by atoms with E-state index < -0.39 is 0 Å².